The van der Waals surface area contributed by atoms with E-state index in [9.17, 15) is 9.18 Å². The van der Waals surface area contributed by atoms with Crippen molar-refractivity contribution in [2.75, 3.05) is 0 Å². The summed E-state index contributed by atoms with van der Waals surface area (Å²) in [5.74, 6) is -0.613. The van der Waals surface area contributed by atoms with Crippen molar-refractivity contribution in [1.29, 1.82) is 0 Å². The second-order valence-corrected chi connectivity index (χ2v) is 3.92. The Hall–Kier alpha value is -1.94. The molecule has 0 aliphatic heterocycles. The van der Waals surface area contributed by atoms with Crippen molar-refractivity contribution < 1.29 is 13.6 Å². The summed E-state index contributed by atoms with van der Waals surface area (Å²) >= 11 is 5.57. The van der Waals surface area contributed by atoms with Gasteiger partial charge in [-0.25, -0.2) is 4.39 Å². The monoisotopic (exact) mass is 249 g/mol. The van der Waals surface area contributed by atoms with Crippen molar-refractivity contribution >= 4 is 40.0 Å². The van der Waals surface area contributed by atoms with Crippen LogP contribution in [0.4, 0.5) is 4.39 Å². The number of rotatable bonds is 1. The summed E-state index contributed by atoms with van der Waals surface area (Å²) in [6, 6.07) is 6.32. The van der Waals surface area contributed by atoms with E-state index in [4.69, 9.17) is 16.0 Å². The van der Waals surface area contributed by atoms with Gasteiger partial charge in [0, 0.05) is 5.39 Å². The molecule has 3 aromatic rings. The Labute approximate surface area is 99.8 Å². The third-order valence-corrected chi connectivity index (χ3v) is 2.82. The van der Waals surface area contributed by atoms with Crippen LogP contribution in [0.2, 0.25) is 5.15 Å². The SMILES string of the molecule is O=Cc1cccc2c1oc1nc(Cl)c(F)cc12. The first kappa shape index (κ1) is 10.2. The Morgan fingerprint density at radius 3 is 2.94 bits per heavy atom. The first-order chi connectivity index (χ1) is 8.20. The maximum Gasteiger partial charge on any atom is 0.228 e. The predicted octanol–water partition coefficient (Wildman–Crippen LogP) is 3.59. The molecule has 84 valence electrons. The predicted molar refractivity (Wildman–Crippen MR) is 61.9 cm³/mol. The molecule has 0 saturated carbocycles. The third kappa shape index (κ3) is 1.41. The molecule has 3 nitrogen and oxygen atoms in total. The Morgan fingerprint density at radius 2 is 2.18 bits per heavy atom. The van der Waals surface area contributed by atoms with Crippen LogP contribution < -0.4 is 0 Å². The number of halogens is 2. The number of para-hydroxylation sites is 1. The zero-order valence-corrected chi connectivity index (χ0v) is 9.16. The number of carbonyl (C=O) groups excluding carboxylic acids is 1. The van der Waals surface area contributed by atoms with Gasteiger partial charge in [0.15, 0.2) is 17.3 Å². The fourth-order valence-electron chi connectivity index (χ4n) is 1.79. The minimum Gasteiger partial charge on any atom is -0.437 e. The minimum absolute atomic E-state index is 0.223. The lowest BCUT2D eigenvalue weighted by Gasteiger charge is -1.92. The van der Waals surface area contributed by atoms with Gasteiger partial charge in [0.1, 0.15) is 5.58 Å². The van der Waals surface area contributed by atoms with E-state index in [0.717, 1.165) is 0 Å². The summed E-state index contributed by atoms with van der Waals surface area (Å²) in [4.78, 5) is 14.6. The lowest BCUT2D eigenvalue weighted by Crippen LogP contribution is -1.81. The maximum atomic E-state index is 13.3. The van der Waals surface area contributed by atoms with Gasteiger partial charge in [-0.2, -0.15) is 4.98 Å². The largest absolute Gasteiger partial charge is 0.437 e. The summed E-state index contributed by atoms with van der Waals surface area (Å²) in [7, 11) is 0. The van der Waals surface area contributed by atoms with Crippen LogP contribution in [0, 0.1) is 5.82 Å². The molecular formula is C12H5ClFNO2. The molecule has 0 spiro atoms. The molecule has 5 heteroatoms. The van der Waals surface area contributed by atoms with Gasteiger partial charge in [0.25, 0.3) is 0 Å². The molecule has 0 aliphatic rings. The number of benzene rings is 1. The highest BCUT2D eigenvalue weighted by Crippen LogP contribution is 2.31. The molecule has 0 radical (unpaired) electrons. The van der Waals surface area contributed by atoms with Crippen LogP contribution in [-0.2, 0) is 0 Å². The molecular weight excluding hydrogens is 245 g/mol. The van der Waals surface area contributed by atoms with Gasteiger partial charge >= 0.3 is 0 Å². The van der Waals surface area contributed by atoms with Gasteiger partial charge in [0.2, 0.25) is 5.71 Å². The summed E-state index contributed by atoms with van der Waals surface area (Å²) in [6.45, 7) is 0. The van der Waals surface area contributed by atoms with E-state index in [2.05, 4.69) is 4.98 Å². The number of aldehydes is 1. The van der Waals surface area contributed by atoms with E-state index in [-0.39, 0.29) is 10.9 Å². The molecule has 2 heterocycles. The Bertz CT molecular complexity index is 751. The lowest BCUT2D eigenvalue weighted by molar-refractivity contribution is 0.112. The van der Waals surface area contributed by atoms with Gasteiger partial charge < -0.3 is 4.42 Å². The first-order valence-corrected chi connectivity index (χ1v) is 5.21. The van der Waals surface area contributed by atoms with Gasteiger partial charge in [-0.05, 0) is 12.1 Å². The quantitative estimate of drug-likeness (QED) is 0.489. The minimum atomic E-state index is -0.613. The molecule has 1 aromatic carbocycles. The first-order valence-electron chi connectivity index (χ1n) is 4.83. The van der Waals surface area contributed by atoms with Crippen LogP contribution in [0.25, 0.3) is 22.1 Å². The van der Waals surface area contributed by atoms with Crippen LogP contribution in [0.1, 0.15) is 10.4 Å². The topological polar surface area (TPSA) is 43.1 Å². The smallest absolute Gasteiger partial charge is 0.228 e. The highest BCUT2D eigenvalue weighted by Gasteiger charge is 2.14. The zero-order valence-electron chi connectivity index (χ0n) is 8.41. The number of fused-ring (bicyclic) bond motifs is 3. The number of nitrogens with zero attached hydrogens (tertiary/aromatic N) is 1. The van der Waals surface area contributed by atoms with Crippen LogP contribution >= 0.6 is 11.6 Å². The number of pyridine rings is 1. The van der Waals surface area contributed by atoms with Crippen molar-refractivity contribution in [3.63, 3.8) is 0 Å². The van der Waals surface area contributed by atoms with Crippen molar-refractivity contribution in [2.24, 2.45) is 0 Å². The number of furan rings is 1. The lowest BCUT2D eigenvalue weighted by atomic mass is 10.1. The molecule has 0 saturated heterocycles. The molecule has 2 aromatic heterocycles. The molecule has 0 unspecified atom stereocenters. The van der Waals surface area contributed by atoms with Crippen LogP contribution in [0.3, 0.4) is 0 Å². The Kier molecular flexibility index (Phi) is 2.12. The Balaban J connectivity index is 2.54. The fourth-order valence-corrected chi connectivity index (χ4v) is 1.92. The van der Waals surface area contributed by atoms with E-state index < -0.39 is 5.82 Å². The summed E-state index contributed by atoms with van der Waals surface area (Å²) < 4.78 is 18.7. The second-order valence-electron chi connectivity index (χ2n) is 3.56. The van der Waals surface area contributed by atoms with Crippen molar-refractivity contribution in [3.8, 4) is 0 Å². The average molecular weight is 250 g/mol. The fraction of sp³-hybridized carbons (Fsp3) is 0. The normalized spacial score (nSPS) is 11.2. The molecule has 0 N–H and O–H groups in total. The maximum absolute atomic E-state index is 13.3. The summed E-state index contributed by atoms with van der Waals surface area (Å²) in [6.07, 6.45) is 0.683. The molecule has 0 fully saturated rings. The molecule has 0 amide bonds. The van der Waals surface area contributed by atoms with Gasteiger partial charge in [0.05, 0.1) is 10.9 Å². The zero-order chi connectivity index (χ0) is 12.0. The summed E-state index contributed by atoms with van der Waals surface area (Å²) in [5.41, 5.74) is 1.02. The van der Waals surface area contributed by atoms with Gasteiger partial charge in [-0.15, -0.1) is 0 Å². The molecule has 17 heavy (non-hydrogen) atoms. The highest BCUT2D eigenvalue weighted by molar-refractivity contribution is 6.30. The second kappa shape index (κ2) is 3.53. The van der Waals surface area contributed by atoms with Gasteiger partial charge in [-0.3, -0.25) is 4.79 Å². The Morgan fingerprint density at radius 1 is 1.35 bits per heavy atom. The average Bonchev–Trinajstić information content (AvgIpc) is 2.67. The number of hydrogen-bond donors (Lipinski definition) is 0. The van der Waals surface area contributed by atoms with Crippen LogP contribution in [0.5, 0.6) is 0 Å². The standard InChI is InChI=1S/C12H5ClFNO2/c13-11-9(14)4-8-7-3-1-2-6(5-16)10(7)17-12(8)15-11/h1-5H. The van der Waals surface area contributed by atoms with E-state index in [0.29, 0.717) is 28.2 Å². The number of carbonyl (C=O) groups is 1. The van der Waals surface area contributed by atoms with E-state index >= 15 is 0 Å². The van der Waals surface area contributed by atoms with E-state index in [1.165, 1.54) is 6.07 Å². The van der Waals surface area contributed by atoms with Crippen molar-refractivity contribution in [3.05, 3.63) is 40.8 Å². The molecule has 0 bridgehead atoms. The van der Waals surface area contributed by atoms with Gasteiger partial charge in [-0.1, -0.05) is 23.7 Å². The van der Waals surface area contributed by atoms with E-state index in [1.54, 1.807) is 18.2 Å². The molecule has 0 aliphatic carbocycles. The highest BCUT2D eigenvalue weighted by atomic mass is 35.5. The van der Waals surface area contributed by atoms with Crippen LogP contribution in [0.15, 0.2) is 28.7 Å². The molecule has 3 rings (SSSR count). The van der Waals surface area contributed by atoms with Crippen molar-refractivity contribution in [2.45, 2.75) is 0 Å². The van der Waals surface area contributed by atoms with Crippen molar-refractivity contribution in [1.82, 2.24) is 4.98 Å². The number of aromatic nitrogens is 1. The van der Waals surface area contributed by atoms with Crippen LogP contribution in [-0.4, -0.2) is 11.3 Å². The van der Waals surface area contributed by atoms with E-state index in [1.807, 2.05) is 0 Å². The summed E-state index contributed by atoms with van der Waals surface area (Å²) in [5, 5.41) is 0.905. The number of hydrogen-bond acceptors (Lipinski definition) is 3. The molecule has 0 atom stereocenters. The third-order valence-electron chi connectivity index (χ3n) is 2.56.